The molecule has 1 rings (SSSR count). The predicted molar refractivity (Wildman–Crippen MR) is 68.5 cm³/mol. The maximum absolute atomic E-state index is 11.1. The van der Waals surface area contributed by atoms with Crippen LogP contribution < -0.4 is 4.72 Å². The van der Waals surface area contributed by atoms with Crippen molar-refractivity contribution in [2.45, 2.75) is 6.42 Å². The van der Waals surface area contributed by atoms with Crippen molar-refractivity contribution in [3.8, 4) is 11.8 Å². The van der Waals surface area contributed by atoms with E-state index >= 15 is 0 Å². The van der Waals surface area contributed by atoms with Gasteiger partial charge < -0.3 is 5.11 Å². The highest BCUT2D eigenvalue weighted by Gasteiger charge is 2.06. The number of nitrogens with one attached hydrogen (secondary N) is 1. The van der Waals surface area contributed by atoms with Crippen LogP contribution in [-0.2, 0) is 10.0 Å². The first-order valence-corrected chi connectivity index (χ1v) is 7.06. The molecule has 0 saturated carbocycles. The Kier molecular flexibility index (Phi) is 4.82. The lowest BCUT2D eigenvalue weighted by molar-refractivity contribution is 0.305. The summed E-state index contributed by atoms with van der Waals surface area (Å²) in [7, 11) is -3.35. The molecule has 0 spiro atoms. The van der Waals surface area contributed by atoms with Crippen LogP contribution in [0.1, 0.15) is 12.0 Å². The first kappa shape index (κ1) is 13.8. The smallest absolute Gasteiger partial charge is 0.229 e. The highest BCUT2D eigenvalue weighted by Crippen LogP contribution is 2.20. The molecule has 4 nitrogen and oxygen atoms in total. The van der Waals surface area contributed by atoms with Crippen molar-refractivity contribution in [1.82, 2.24) is 0 Å². The zero-order valence-corrected chi connectivity index (χ0v) is 10.8. The number of benzene rings is 1. The molecule has 17 heavy (non-hydrogen) atoms. The Bertz CT molecular complexity index is 558. The normalized spacial score (nSPS) is 10.5. The van der Waals surface area contributed by atoms with Gasteiger partial charge in [0.2, 0.25) is 10.0 Å². The molecule has 1 aromatic carbocycles. The summed E-state index contributed by atoms with van der Waals surface area (Å²) in [5.74, 6) is 5.47. The number of anilines is 1. The third-order valence-electron chi connectivity index (χ3n) is 1.74. The second-order valence-corrected chi connectivity index (χ2v) is 5.52. The van der Waals surface area contributed by atoms with Crippen molar-refractivity contribution in [3.63, 3.8) is 0 Å². The summed E-state index contributed by atoms with van der Waals surface area (Å²) in [5, 5.41) is 9.08. The molecular formula is C11H12ClNO3S. The molecule has 0 heterocycles. The Morgan fingerprint density at radius 1 is 1.47 bits per heavy atom. The number of rotatable bonds is 3. The van der Waals surface area contributed by atoms with Gasteiger partial charge in [0.15, 0.2) is 0 Å². The summed E-state index contributed by atoms with van der Waals surface area (Å²) in [6.45, 7) is -0.0393. The number of aliphatic hydroxyl groups excluding tert-OH is 1. The molecule has 0 fully saturated rings. The van der Waals surface area contributed by atoms with E-state index in [-0.39, 0.29) is 6.61 Å². The van der Waals surface area contributed by atoms with Crippen LogP contribution in [0.5, 0.6) is 0 Å². The molecule has 1 aromatic rings. The minimum absolute atomic E-state index is 0.0393. The van der Waals surface area contributed by atoms with E-state index in [9.17, 15) is 8.42 Å². The third-order valence-corrected chi connectivity index (χ3v) is 2.56. The SMILES string of the molecule is CS(=O)(=O)Nc1ccc(Cl)cc1C#CCCO. The topological polar surface area (TPSA) is 66.4 Å². The summed E-state index contributed by atoms with van der Waals surface area (Å²) in [6, 6.07) is 4.69. The van der Waals surface area contributed by atoms with Gasteiger partial charge in [-0.2, -0.15) is 0 Å². The second-order valence-electron chi connectivity index (χ2n) is 3.34. The van der Waals surface area contributed by atoms with Crippen LogP contribution in [0, 0.1) is 11.8 Å². The van der Waals surface area contributed by atoms with Crippen molar-refractivity contribution in [2.24, 2.45) is 0 Å². The number of aliphatic hydroxyl groups is 1. The largest absolute Gasteiger partial charge is 0.395 e. The Hall–Kier alpha value is -1.22. The average molecular weight is 274 g/mol. The molecule has 0 saturated heterocycles. The number of hydrogen-bond acceptors (Lipinski definition) is 3. The summed E-state index contributed by atoms with van der Waals surface area (Å²) in [5.41, 5.74) is 0.860. The highest BCUT2D eigenvalue weighted by atomic mass is 35.5. The zero-order valence-electron chi connectivity index (χ0n) is 9.20. The van der Waals surface area contributed by atoms with E-state index in [1.54, 1.807) is 18.2 Å². The van der Waals surface area contributed by atoms with E-state index in [2.05, 4.69) is 16.6 Å². The zero-order chi connectivity index (χ0) is 12.9. The minimum atomic E-state index is -3.35. The van der Waals surface area contributed by atoms with Crippen molar-refractivity contribution in [3.05, 3.63) is 28.8 Å². The standard InChI is InChI=1S/C11H12ClNO3S/c1-17(15,16)13-11-6-5-10(12)8-9(11)4-2-3-7-14/h5-6,8,13-14H,3,7H2,1H3. The second kappa shape index (κ2) is 5.92. The molecule has 0 unspecified atom stereocenters. The van der Waals surface area contributed by atoms with Crippen molar-refractivity contribution in [2.75, 3.05) is 17.6 Å². The van der Waals surface area contributed by atoms with Crippen molar-refractivity contribution >= 4 is 27.3 Å². The van der Waals surface area contributed by atoms with E-state index in [0.717, 1.165) is 6.26 Å². The first-order chi connectivity index (χ1) is 7.92. The lowest BCUT2D eigenvalue weighted by Gasteiger charge is -2.06. The maximum Gasteiger partial charge on any atom is 0.229 e. The van der Waals surface area contributed by atoms with E-state index in [4.69, 9.17) is 16.7 Å². The molecular weight excluding hydrogens is 262 g/mol. The van der Waals surface area contributed by atoms with Crippen LogP contribution in [0.25, 0.3) is 0 Å². The van der Waals surface area contributed by atoms with Crippen LogP contribution >= 0.6 is 11.6 Å². The number of hydrogen-bond donors (Lipinski definition) is 2. The maximum atomic E-state index is 11.1. The minimum Gasteiger partial charge on any atom is -0.395 e. The molecule has 0 radical (unpaired) electrons. The summed E-state index contributed by atoms with van der Waals surface area (Å²) in [4.78, 5) is 0. The molecule has 0 aliphatic heterocycles. The van der Waals surface area contributed by atoms with Gasteiger partial charge in [0.05, 0.1) is 24.1 Å². The van der Waals surface area contributed by atoms with E-state index < -0.39 is 10.0 Å². The van der Waals surface area contributed by atoms with Crippen molar-refractivity contribution < 1.29 is 13.5 Å². The first-order valence-electron chi connectivity index (χ1n) is 4.79. The number of sulfonamides is 1. The van der Waals surface area contributed by atoms with E-state index in [0.29, 0.717) is 22.7 Å². The third kappa shape index (κ3) is 5.09. The van der Waals surface area contributed by atoms with Gasteiger partial charge in [-0.25, -0.2) is 8.42 Å². The number of halogens is 1. The Morgan fingerprint density at radius 3 is 2.76 bits per heavy atom. The fourth-order valence-corrected chi connectivity index (χ4v) is 1.87. The molecule has 0 atom stereocenters. The van der Waals surface area contributed by atoms with Gasteiger partial charge in [-0.05, 0) is 18.2 Å². The lowest BCUT2D eigenvalue weighted by atomic mass is 10.2. The molecule has 0 aliphatic carbocycles. The summed E-state index contributed by atoms with van der Waals surface area (Å²) >= 11 is 5.81. The quantitative estimate of drug-likeness (QED) is 0.819. The predicted octanol–water partition coefficient (Wildman–Crippen LogP) is 1.45. The summed E-state index contributed by atoms with van der Waals surface area (Å²) < 4.78 is 24.6. The van der Waals surface area contributed by atoms with Crippen LogP contribution in [0.15, 0.2) is 18.2 Å². The van der Waals surface area contributed by atoms with E-state index in [1.807, 2.05) is 0 Å². The van der Waals surface area contributed by atoms with Gasteiger partial charge in [0.25, 0.3) is 0 Å². The van der Waals surface area contributed by atoms with Crippen LogP contribution in [0.3, 0.4) is 0 Å². The molecule has 2 N–H and O–H groups in total. The van der Waals surface area contributed by atoms with Crippen molar-refractivity contribution in [1.29, 1.82) is 0 Å². The molecule has 0 amide bonds. The van der Waals surface area contributed by atoms with Crippen LogP contribution in [0.2, 0.25) is 5.02 Å². The van der Waals surface area contributed by atoms with Gasteiger partial charge in [-0.3, -0.25) is 4.72 Å². The molecule has 0 bridgehead atoms. The van der Waals surface area contributed by atoms with Gasteiger partial charge in [0.1, 0.15) is 0 Å². The Balaban J connectivity index is 3.09. The fraction of sp³-hybridized carbons (Fsp3) is 0.273. The molecule has 0 aromatic heterocycles. The molecule has 6 heteroatoms. The highest BCUT2D eigenvalue weighted by molar-refractivity contribution is 7.92. The lowest BCUT2D eigenvalue weighted by Crippen LogP contribution is -2.10. The van der Waals surface area contributed by atoms with Gasteiger partial charge in [-0.1, -0.05) is 23.4 Å². The molecule has 92 valence electrons. The van der Waals surface area contributed by atoms with Gasteiger partial charge >= 0.3 is 0 Å². The van der Waals surface area contributed by atoms with Gasteiger partial charge in [0, 0.05) is 11.4 Å². The van der Waals surface area contributed by atoms with Crippen LogP contribution in [0.4, 0.5) is 5.69 Å². The summed E-state index contributed by atoms with van der Waals surface area (Å²) in [6.07, 6.45) is 1.39. The fourth-order valence-electron chi connectivity index (χ4n) is 1.12. The average Bonchev–Trinajstić information content (AvgIpc) is 2.20. The van der Waals surface area contributed by atoms with Crippen LogP contribution in [-0.4, -0.2) is 26.4 Å². The van der Waals surface area contributed by atoms with E-state index in [1.165, 1.54) is 0 Å². The monoisotopic (exact) mass is 273 g/mol. The van der Waals surface area contributed by atoms with Gasteiger partial charge in [-0.15, -0.1) is 0 Å². The Labute approximate surface area is 106 Å². The Morgan fingerprint density at radius 2 is 2.18 bits per heavy atom. The molecule has 0 aliphatic rings.